The first kappa shape index (κ1) is 24.5. The summed E-state index contributed by atoms with van der Waals surface area (Å²) in [6, 6.07) is 7.06. The third-order valence-corrected chi connectivity index (χ3v) is 7.34. The number of ether oxygens (including phenoxy) is 1. The zero-order valence-electron chi connectivity index (χ0n) is 20.1. The van der Waals surface area contributed by atoms with Crippen LogP contribution in [-0.4, -0.2) is 46.4 Å². The van der Waals surface area contributed by atoms with Gasteiger partial charge in [-0.3, -0.25) is 14.3 Å². The monoisotopic (exact) mass is 543 g/mol. The van der Waals surface area contributed by atoms with Gasteiger partial charge in [-0.25, -0.2) is 22.5 Å². The summed E-state index contributed by atoms with van der Waals surface area (Å²) >= 11 is 6.08. The number of aromatic nitrogens is 3. The molecule has 2 aromatic heterocycles. The highest BCUT2D eigenvalue weighted by Crippen LogP contribution is 2.35. The number of anilines is 1. The molecule has 0 aliphatic carbocycles. The van der Waals surface area contributed by atoms with E-state index in [1.165, 1.54) is 30.1 Å². The molecule has 196 valence electrons. The number of hydrogen-bond donors (Lipinski definition) is 1. The van der Waals surface area contributed by atoms with E-state index in [2.05, 4.69) is 15.2 Å². The van der Waals surface area contributed by atoms with E-state index < -0.39 is 28.7 Å². The summed E-state index contributed by atoms with van der Waals surface area (Å²) in [5.41, 5.74) is -0.409. The number of benzene rings is 2. The maximum atomic E-state index is 14.1. The molecule has 4 heterocycles. The van der Waals surface area contributed by atoms with Crippen molar-refractivity contribution < 1.29 is 17.9 Å². The number of hydrogen-bond acceptors (Lipinski definition) is 6. The Hall–Kier alpha value is -3.83. The zero-order chi connectivity index (χ0) is 26.7. The van der Waals surface area contributed by atoms with Crippen molar-refractivity contribution in [2.45, 2.75) is 25.0 Å². The smallest absolute Gasteiger partial charge is 0.336 e. The third-order valence-electron chi connectivity index (χ3n) is 7.14. The second kappa shape index (κ2) is 9.17. The molecule has 0 saturated carbocycles. The van der Waals surface area contributed by atoms with Crippen molar-refractivity contribution in [1.29, 1.82) is 0 Å². The van der Waals surface area contributed by atoms with Crippen LogP contribution in [0.4, 0.5) is 18.9 Å². The van der Waals surface area contributed by atoms with E-state index in [9.17, 15) is 22.8 Å². The average Bonchev–Trinajstić information content (AvgIpc) is 3.53. The minimum atomic E-state index is -1.61. The second-order valence-electron chi connectivity index (χ2n) is 9.43. The third kappa shape index (κ3) is 3.93. The largest absolute Gasteiger partial charge is 0.496 e. The van der Waals surface area contributed by atoms with E-state index in [0.717, 1.165) is 41.9 Å². The van der Waals surface area contributed by atoms with Gasteiger partial charge in [-0.1, -0.05) is 11.6 Å². The van der Waals surface area contributed by atoms with Gasteiger partial charge in [0.2, 0.25) is 0 Å². The summed E-state index contributed by atoms with van der Waals surface area (Å²) in [6.07, 6.45) is 3.62. The van der Waals surface area contributed by atoms with Gasteiger partial charge in [0.15, 0.2) is 17.5 Å². The van der Waals surface area contributed by atoms with Crippen LogP contribution in [0.5, 0.6) is 5.75 Å². The van der Waals surface area contributed by atoms with E-state index in [1.54, 1.807) is 12.1 Å². The Morgan fingerprint density at radius 1 is 1.08 bits per heavy atom. The molecule has 38 heavy (non-hydrogen) atoms. The van der Waals surface area contributed by atoms with E-state index >= 15 is 0 Å². The molecule has 2 aromatic carbocycles. The quantitative estimate of drug-likeness (QED) is 0.389. The predicted molar refractivity (Wildman–Crippen MR) is 136 cm³/mol. The number of nitrogens with one attached hydrogen (secondary N) is 1. The number of halogens is 4. The molecular formula is C26H21ClF3N5O3. The van der Waals surface area contributed by atoms with Crippen LogP contribution in [0.25, 0.3) is 16.6 Å². The number of fused-ring (bicyclic) bond motifs is 3. The van der Waals surface area contributed by atoms with E-state index in [-0.39, 0.29) is 45.5 Å². The molecule has 2 saturated heterocycles. The van der Waals surface area contributed by atoms with Crippen molar-refractivity contribution in [3.05, 3.63) is 91.6 Å². The molecule has 0 spiro atoms. The standard InChI is InChI=1S/C26H21ClF3N5O3/c1-38-22-7-16(33-12-15-5-17(33)10-32-15)6-21-23(22)25(36)35(18-4-14(27)8-31-9-18)26(37)34(21)11-13-2-19(28)24(30)20(29)3-13/h2-4,6-9,15,17,32H,5,10-12H2,1H3/t15-,17-/m1/s1. The van der Waals surface area contributed by atoms with E-state index in [4.69, 9.17) is 16.3 Å². The van der Waals surface area contributed by atoms with Gasteiger partial charge in [0.1, 0.15) is 11.1 Å². The molecule has 2 fully saturated rings. The van der Waals surface area contributed by atoms with Crippen molar-refractivity contribution in [1.82, 2.24) is 19.4 Å². The second-order valence-corrected chi connectivity index (χ2v) is 9.87. The molecule has 6 rings (SSSR count). The van der Waals surface area contributed by atoms with Gasteiger partial charge in [0.05, 0.1) is 36.1 Å². The van der Waals surface area contributed by atoms with E-state index in [1.807, 2.05) is 0 Å². The van der Waals surface area contributed by atoms with Crippen molar-refractivity contribution in [2.24, 2.45) is 0 Å². The number of pyridine rings is 1. The van der Waals surface area contributed by atoms with Crippen molar-refractivity contribution in [3.8, 4) is 11.4 Å². The van der Waals surface area contributed by atoms with Gasteiger partial charge in [-0.15, -0.1) is 0 Å². The SMILES string of the molecule is COc1cc(N2C[C@H]3C[C@@H]2CN3)cc2c1c(=O)n(-c1cncc(Cl)c1)c(=O)n2Cc1cc(F)c(F)c(F)c1. The van der Waals surface area contributed by atoms with Gasteiger partial charge in [-0.2, -0.15) is 0 Å². The molecule has 8 nitrogen and oxygen atoms in total. The lowest BCUT2D eigenvalue weighted by molar-refractivity contribution is 0.418. The summed E-state index contributed by atoms with van der Waals surface area (Å²) in [4.78, 5) is 33.8. The first-order chi connectivity index (χ1) is 18.2. The molecule has 1 N–H and O–H groups in total. The number of rotatable bonds is 5. The summed E-state index contributed by atoms with van der Waals surface area (Å²) < 4.78 is 49.5. The predicted octanol–water partition coefficient (Wildman–Crippen LogP) is 3.23. The minimum absolute atomic E-state index is 0.00647. The van der Waals surface area contributed by atoms with Gasteiger partial charge in [-0.05, 0) is 36.2 Å². The lowest BCUT2D eigenvalue weighted by Crippen LogP contribution is -2.44. The summed E-state index contributed by atoms with van der Waals surface area (Å²) in [5.74, 6) is -4.15. The van der Waals surface area contributed by atoms with Crippen LogP contribution in [0, 0.1) is 17.5 Å². The molecule has 0 radical (unpaired) electrons. The number of piperazine rings is 1. The Morgan fingerprint density at radius 2 is 1.84 bits per heavy atom. The van der Waals surface area contributed by atoms with Gasteiger partial charge >= 0.3 is 5.69 Å². The molecule has 2 atom stereocenters. The Bertz CT molecular complexity index is 1700. The first-order valence-electron chi connectivity index (χ1n) is 11.9. The zero-order valence-corrected chi connectivity index (χ0v) is 20.8. The maximum Gasteiger partial charge on any atom is 0.336 e. The molecule has 12 heteroatoms. The summed E-state index contributed by atoms with van der Waals surface area (Å²) in [6.45, 7) is 1.19. The average molecular weight is 544 g/mol. The van der Waals surface area contributed by atoms with Crippen LogP contribution in [-0.2, 0) is 6.54 Å². The van der Waals surface area contributed by atoms with Gasteiger partial charge in [0.25, 0.3) is 5.56 Å². The molecule has 2 bridgehead atoms. The Balaban J connectivity index is 1.64. The molecule has 2 aliphatic heterocycles. The molecule has 0 unspecified atom stereocenters. The van der Waals surface area contributed by atoms with Crippen LogP contribution in [0.3, 0.4) is 0 Å². The number of nitrogens with zero attached hydrogens (tertiary/aromatic N) is 4. The fourth-order valence-corrected chi connectivity index (χ4v) is 5.59. The highest BCUT2D eigenvalue weighted by atomic mass is 35.5. The van der Waals surface area contributed by atoms with Crippen molar-refractivity contribution in [2.75, 3.05) is 25.1 Å². The Labute approximate surface area is 218 Å². The van der Waals surface area contributed by atoms with Crippen molar-refractivity contribution in [3.63, 3.8) is 0 Å². The number of methoxy groups -OCH3 is 1. The summed E-state index contributed by atoms with van der Waals surface area (Å²) in [5, 5.41) is 3.71. The van der Waals surface area contributed by atoms with Gasteiger partial charge < -0.3 is 15.0 Å². The van der Waals surface area contributed by atoms with Gasteiger partial charge in [0, 0.05) is 43.1 Å². The normalized spacial score (nSPS) is 18.5. The fourth-order valence-electron chi connectivity index (χ4n) is 5.43. The fraction of sp³-hybridized carbons (Fsp3) is 0.269. The Morgan fingerprint density at radius 3 is 2.47 bits per heavy atom. The highest BCUT2D eigenvalue weighted by molar-refractivity contribution is 6.30. The molecule has 2 aliphatic rings. The summed E-state index contributed by atoms with van der Waals surface area (Å²) in [7, 11) is 1.42. The van der Waals surface area contributed by atoms with Crippen molar-refractivity contribution >= 4 is 28.2 Å². The first-order valence-corrected chi connectivity index (χ1v) is 12.2. The highest BCUT2D eigenvalue weighted by Gasteiger charge is 2.38. The lowest BCUT2D eigenvalue weighted by Gasteiger charge is -2.30. The molecule has 4 aromatic rings. The minimum Gasteiger partial charge on any atom is -0.496 e. The maximum absolute atomic E-state index is 14.1. The Kier molecular flexibility index (Phi) is 5.92. The van der Waals surface area contributed by atoms with Crippen LogP contribution in [0.15, 0.2) is 52.3 Å². The van der Waals surface area contributed by atoms with Crippen LogP contribution < -0.4 is 26.2 Å². The van der Waals surface area contributed by atoms with Crippen LogP contribution >= 0.6 is 11.6 Å². The van der Waals surface area contributed by atoms with E-state index in [0.29, 0.717) is 6.04 Å². The molecule has 0 amide bonds. The topological polar surface area (TPSA) is 81.4 Å². The molecular weight excluding hydrogens is 523 g/mol. The lowest BCUT2D eigenvalue weighted by atomic mass is 10.1. The van der Waals surface area contributed by atoms with Crippen LogP contribution in [0.1, 0.15) is 12.0 Å². The van der Waals surface area contributed by atoms with Crippen LogP contribution in [0.2, 0.25) is 5.02 Å².